The van der Waals surface area contributed by atoms with Crippen LogP contribution < -0.4 is 0 Å². The van der Waals surface area contributed by atoms with E-state index in [2.05, 4.69) is 0 Å². The van der Waals surface area contributed by atoms with Crippen molar-refractivity contribution in [3.8, 4) is 0 Å². The summed E-state index contributed by atoms with van der Waals surface area (Å²) in [6.45, 7) is 2.49. The van der Waals surface area contributed by atoms with Gasteiger partial charge in [0.1, 0.15) is 11.1 Å². The highest BCUT2D eigenvalue weighted by atomic mass is 32.2. The quantitative estimate of drug-likeness (QED) is 0.573. The lowest BCUT2D eigenvalue weighted by Gasteiger charge is -2.48. The number of carbonyl (C=O) groups is 2. The number of fused-ring (bicyclic) bond motifs is 1. The second-order valence-corrected chi connectivity index (χ2v) is 5.23. The fourth-order valence-corrected chi connectivity index (χ4v) is 3.30. The molecule has 2 rings (SSSR count). The molecule has 1 N–H and O–H groups in total. The summed E-state index contributed by atoms with van der Waals surface area (Å²) in [4.78, 5) is 24.4. The van der Waals surface area contributed by atoms with Crippen molar-refractivity contribution in [2.75, 3.05) is 26.1 Å². The van der Waals surface area contributed by atoms with E-state index in [1.165, 1.54) is 16.7 Å². The highest BCUT2D eigenvalue weighted by Gasteiger charge is 2.53. The first-order valence-corrected chi connectivity index (χ1v) is 6.61. The maximum atomic E-state index is 11.9. The first-order valence-electron chi connectivity index (χ1n) is 5.56. The summed E-state index contributed by atoms with van der Waals surface area (Å²) in [7, 11) is 1.56. The number of carbonyl (C=O) groups excluding carboxylic acids is 1. The third kappa shape index (κ3) is 2.13. The van der Waals surface area contributed by atoms with Gasteiger partial charge < -0.3 is 14.6 Å². The predicted molar refractivity (Wildman–Crippen MR) is 65.0 cm³/mol. The third-order valence-electron chi connectivity index (χ3n) is 2.90. The lowest BCUT2D eigenvalue weighted by Crippen LogP contribution is -2.65. The van der Waals surface area contributed by atoms with E-state index in [0.29, 0.717) is 24.5 Å². The van der Waals surface area contributed by atoms with Crippen LogP contribution in [0.25, 0.3) is 0 Å². The standard InChI is InChI=1S/C11H15NO5S/c1-6-5-18-10-8(17-4-3-16-2)9(13)12(10)7(6)11(14)15/h8,10H,3-5H2,1-2H3,(H,14,15)/t8-,10+/m0/s1. The van der Waals surface area contributed by atoms with Crippen molar-refractivity contribution in [3.63, 3.8) is 0 Å². The average Bonchev–Trinajstić information content (AvgIpc) is 2.34. The molecule has 18 heavy (non-hydrogen) atoms. The van der Waals surface area contributed by atoms with E-state index >= 15 is 0 Å². The molecule has 0 aliphatic carbocycles. The molecule has 0 aromatic carbocycles. The fourth-order valence-electron chi connectivity index (χ4n) is 2.02. The zero-order valence-corrected chi connectivity index (χ0v) is 11.0. The van der Waals surface area contributed by atoms with E-state index in [0.717, 1.165) is 0 Å². The normalized spacial score (nSPS) is 27.0. The van der Waals surface area contributed by atoms with E-state index in [-0.39, 0.29) is 17.0 Å². The van der Waals surface area contributed by atoms with Gasteiger partial charge in [0.15, 0.2) is 6.10 Å². The fraction of sp³-hybridized carbons (Fsp3) is 0.636. The van der Waals surface area contributed by atoms with Gasteiger partial charge in [-0.3, -0.25) is 9.69 Å². The van der Waals surface area contributed by atoms with Crippen molar-refractivity contribution in [3.05, 3.63) is 11.3 Å². The Morgan fingerprint density at radius 1 is 1.56 bits per heavy atom. The second kappa shape index (κ2) is 5.29. The number of carboxylic acids is 1. The van der Waals surface area contributed by atoms with Gasteiger partial charge in [-0.15, -0.1) is 11.8 Å². The van der Waals surface area contributed by atoms with Gasteiger partial charge in [0.25, 0.3) is 5.91 Å². The first-order chi connectivity index (χ1) is 8.57. The van der Waals surface area contributed by atoms with Crippen molar-refractivity contribution in [2.24, 2.45) is 0 Å². The molecule has 0 spiro atoms. The SMILES string of the molecule is COCCO[C@H]1C(=O)N2C(C(=O)O)=C(C)CS[C@H]12. The predicted octanol–water partition coefficient (Wildman–Crippen LogP) is 0.292. The molecule has 0 bridgehead atoms. The monoisotopic (exact) mass is 273 g/mol. The maximum Gasteiger partial charge on any atom is 0.352 e. The summed E-state index contributed by atoms with van der Waals surface area (Å²) < 4.78 is 10.3. The number of hydrogen-bond donors (Lipinski definition) is 1. The van der Waals surface area contributed by atoms with Crippen LogP contribution in [0.1, 0.15) is 6.92 Å². The van der Waals surface area contributed by atoms with Crippen LogP contribution in [-0.2, 0) is 19.1 Å². The molecule has 7 heteroatoms. The number of thioether (sulfide) groups is 1. The highest BCUT2D eigenvalue weighted by molar-refractivity contribution is 8.00. The summed E-state index contributed by atoms with van der Waals surface area (Å²) >= 11 is 1.53. The van der Waals surface area contributed by atoms with Crippen LogP contribution in [0.5, 0.6) is 0 Å². The molecule has 1 fully saturated rings. The van der Waals surface area contributed by atoms with Crippen molar-refractivity contribution in [1.29, 1.82) is 0 Å². The number of ether oxygens (including phenoxy) is 2. The summed E-state index contributed by atoms with van der Waals surface area (Å²) in [5.74, 6) is -0.721. The van der Waals surface area contributed by atoms with Gasteiger partial charge in [-0.2, -0.15) is 0 Å². The number of nitrogens with zero attached hydrogens (tertiary/aromatic N) is 1. The van der Waals surface area contributed by atoms with Gasteiger partial charge in [0.2, 0.25) is 0 Å². The molecule has 100 valence electrons. The molecular formula is C11H15NO5S. The molecule has 0 aromatic rings. The Kier molecular flexibility index (Phi) is 3.94. The van der Waals surface area contributed by atoms with Gasteiger partial charge in [-0.05, 0) is 12.5 Å². The third-order valence-corrected chi connectivity index (χ3v) is 4.30. The smallest absolute Gasteiger partial charge is 0.352 e. The molecule has 1 saturated heterocycles. The molecule has 0 aromatic heterocycles. The number of aliphatic carboxylic acids is 1. The topological polar surface area (TPSA) is 76.1 Å². The van der Waals surface area contributed by atoms with E-state index in [4.69, 9.17) is 14.6 Å². The Hall–Kier alpha value is -1.05. The van der Waals surface area contributed by atoms with Gasteiger partial charge in [-0.1, -0.05) is 0 Å². The summed E-state index contributed by atoms with van der Waals surface area (Å²) in [5.41, 5.74) is 0.822. The van der Waals surface area contributed by atoms with Crippen molar-refractivity contribution in [2.45, 2.75) is 18.4 Å². The number of hydrogen-bond acceptors (Lipinski definition) is 5. The lowest BCUT2D eigenvalue weighted by atomic mass is 10.1. The Morgan fingerprint density at radius 3 is 2.89 bits per heavy atom. The lowest BCUT2D eigenvalue weighted by molar-refractivity contribution is -0.166. The van der Waals surface area contributed by atoms with E-state index in [9.17, 15) is 9.59 Å². The number of carboxylic acid groups (broad SMARTS) is 1. The number of rotatable bonds is 5. The molecule has 2 atom stereocenters. The molecule has 0 unspecified atom stereocenters. The van der Waals surface area contributed by atoms with Crippen LogP contribution in [0.4, 0.5) is 0 Å². The zero-order valence-electron chi connectivity index (χ0n) is 10.2. The molecule has 2 aliphatic rings. The van der Waals surface area contributed by atoms with Crippen LogP contribution in [0.15, 0.2) is 11.3 Å². The van der Waals surface area contributed by atoms with Gasteiger partial charge >= 0.3 is 5.97 Å². The second-order valence-electron chi connectivity index (χ2n) is 4.13. The Morgan fingerprint density at radius 2 is 2.28 bits per heavy atom. The van der Waals surface area contributed by atoms with Crippen LogP contribution >= 0.6 is 11.8 Å². The molecule has 2 heterocycles. The minimum absolute atomic E-state index is 0.107. The Labute approximate surface area is 109 Å². The van der Waals surface area contributed by atoms with Crippen LogP contribution in [0.2, 0.25) is 0 Å². The summed E-state index contributed by atoms with van der Waals surface area (Å²) in [6, 6.07) is 0. The molecule has 2 aliphatic heterocycles. The largest absolute Gasteiger partial charge is 0.477 e. The summed E-state index contributed by atoms with van der Waals surface area (Å²) in [6.07, 6.45) is -0.549. The van der Waals surface area contributed by atoms with Crippen molar-refractivity contribution < 1.29 is 24.2 Å². The number of methoxy groups -OCH3 is 1. The van der Waals surface area contributed by atoms with Crippen LogP contribution in [0, 0.1) is 0 Å². The van der Waals surface area contributed by atoms with Gasteiger partial charge in [0.05, 0.1) is 13.2 Å². The van der Waals surface area contributed by atoms with Crippen molar-refractivity contribution >= 4 is 23.6 Å². The van der Waals surface area contributed by atoms with Crippen LogP contribution in [-0.4, -0.2) is 59.4 Å². The van der Waals surface area contributed by atoms with Gasteiger partial charge in [-0.25, -0.2) is 4.79 Å². The molecular weight excluding hydrogens is 258 g/mol. The molecule has 0 radical (unpaired) electrons. The Balaban J connectivity index is 2.06. The van der Waals surface area contributed by atoms with E-state index in [1.807, 2.05) is 0 Å². The van der Waals surface area contributed by atoms with Crippen molar-refractivity contribution in [1.82, 2.24) is 4.90 Å². The number of amides is 1. The first kappa shape index (κ1) is 13.4. The zero-order chi connectivity index (χ0) is 13.3. The molecule has 0 saturated carbocycles. The highest BCUT2D eigenvalue weighted by Crippen LogP contribution is 2.41. The molecule has 6 nitrogen and oxygen atoms in total. The Bertz CT molecular complexity index is 408. The average molecular weight is 273 g/mol. The summed E-state index contributed by atoms with van der Waals surface area (Å²) in [5, 5.41) is 8.91. The van der Waals surface area contributed by atoms with Gasteiger partial charge in [0, 0.05) is 12.9 Å². The van der Waals surface area contributed by atoms with E-state index in [1.54, 1.807) is 14.0 Å². The maximum absolute atomic E-state index is 11.9. The minimum atomic E-state index is -1.05. The molecule has 1 amide bonds. The van der Waals surface area contributed by atoms with Crippen LogP contribution in [0.3, 0.4) is 0 Å². The van der Waals surface area contributed by atoms with E-state index < -0.39 is 12.1 Å². The number of β-lactam (4-membered cyclic amide) rings is 1. The minimum Gasteiger partial charge on any atom is -0.477 e.